The van der Waals surface area contributed by atoms with Crippen molar-refractivity contribution in [2.24, 2.45) is 0 Å². The van der Waals surface area contributed by atoms with Crippen molar-refractivity contribution < 1.29 is 18.7 Å². The van der Waals surface area contributed by atoms with Crippen molar-refractivity contribution in [2.45, 2.75) is 6.54 Å². The Bertz CT molecular complexity index is 739. The van der Waals surface area contributed by atoms with Gasteiger partial charge in [0.05, 0.1) is 11.1 Å². The molecule has 0 bridgehead atoms. The van der Waals surface area contributed by atoms with E-state index < -0.39 is 23.2 Å². The molecular weight excluding hydrogens is 278 g/mol. The van der Waals surface area contributed by atoms with E-state index >= 15 is 0 Å². The number of hydrogen-bond donors (Lipinski definition) is 2. The van der Waals surface area contributed by atoms with Crippen molar-refractivity contribution in [3.63, 3.8) is 0 Å². The van der Waals surface area contributed by atoms with Crippen LogP contribution in [-0.4, -0.2) is 11.1 Å². The van der Waals surface area contributed by atoms with E-state index in [1.165, 1.54) is 30.3 Å². The van der Waals surface area contributed by atoms with Gasteiger partial charge in [0.25, 0.3) is 0 Å². The van der Waals surface area contributed by atoms with Crippen LogP contribution >= 0.6 is 0 Å². The number of nitrogens with zero attached hydrogens (tertiary/aromatic N) is 1. The maximum absolute atomic E-state index is 13.2. The van der Waals surface area contributed by atoms with Crippen LogP contribution in [-0.2, 0) is 6.54 Å². The second-order valence-corrected chi connectivity index (χ2v) is 4.28. The average Bonchev–Trinajstić information content (AvgIpc) is 2.47. The van der Waals surface area contributed by atoms with E-state index in [-0.39, 0.29) is 12.1 Å². The highest BCUT2D eigenvalue weighted by Crippen LogP contribution is 2.16. The maximum atomic E-state index is 13.2. The molecule has 0 radical (unpaired) electrons. The molecule has 106 valence electrons. The molecule has 2 rings (SSSR count). The largest absolute Gasteiger partial charge is 0.478 e. The average molecular weight is 288 g/mol. The number of nitrogens with one attached hydrogen (secondary N) is 1. The Morgan fingerprint density at radius 3 is 2.57 bits per heavy atom. The van der Waals surface area contributed by atoms with Crippen LogP contribution in [0.4, 0.5) is 14.5 Å². The fourth-order valence-corrected chi connectivity index (χ4v) is 1.77. The van der Waals surface area contributed by atoms with Gasteiger partial charge in [-0.2, -0.15) is 5.26 Å². The van der Waals surface area contributed by atoms with Crippen LogP contribution in [0.5, 0.6) is 0 Å². The lowest BCUT2D eigenvalue weighted by molar-refractivity contribution is 0.0692. The number of aromatic carboxylic acids is 1. The minimum absolute atomic E-state index is 0.0698. The Morgan fingerprint density at radius 2 is 1.90 bits per heavy atom. The molecule has 0 fully saturated rings. The smallest absolute Gasteiger partial charge is 0.338 e. The Balaban J connectivity index is 2.15. The molecule has 0 aliphatic heterocycles. The minimum Gasteiger partial charge on any atom is -0.478 e. The summed E-state index contributed by atoms with van der Waals surface area (Å²) in [5.41, 5.74) is 0.558. The van der Waals surface area contributed by atoms with E-state index in [1.807, 2.05) is 0 Å². The number of carboxylic acids is 1. The van der Waals surface area contributed by atoms with Gasteiger partial charge in [0.1, 0.15) is 17.7 Å². The molecule has 0 aromatic heterocycles. The van der Waals surface area contributed by atoms with E-state index in [2.05, 4.69) is 5.32 Å². The Morgan fingerprint density at radius 1 is 1.19 bits per heavy atom. The second kappa shape index (κ2) is 6.01. The quantitative estimate of drug-likeness (QED) is 0.906. The molecule has 0 unspecified atom stereocenters. The van der Waals surface area contributed by atoms with E-state index in [9.17, 15) is 13.6 Å². The number of hydrogen-bond acceptors (Lipinski definition) is 3. The second-order valence-electron chi connectivity index (χ2n) is 4.28. The van der Waals surface area contributed by atoms with E-state index in [0.717, 1.165) is 6.07 Å². The van der Waals surface area contributed by atoms with Crippen LogP contribution < -0.4 is 5.32 Å². The molecule has 0 amide bonds. The molecule has 2 aromatic carbocycles. The fourth-order valence-electron chi connectivity index (χ4n) is 1.77. The zero-order valence-corrected chi connectivity index (χ0v) is 10.7. The summed E-state index contributed by atoms with van der Waals surface area (Å²) in [6.07, 6.45) is 0. The molecule has 2 aromatic rings. The van der Waals surface area contributed by atoms with Crippen LogP contribution in [0, 0.1) is 23.0 Å². The molecule has 21 heavy (non-hydrogen) atoms. The normalized spacial score (nSPS) is 9.95. The first kappa shape index (κ1) is 14.5. The molecule has 4 nitrogen and oxygen atoms in total. The molecule has 0 saturated carbocycles. The SMILES string of the molecule is N#Cc1cc(CNc2ccc(F)c(C(=O)O)c2)ccc1F. The van der Waals surface area contributed by atoms with Gasteiger partial charge in [0.2, 0.25) is 0 Å². The number of halogens is 2. The van der Waals surface area contributed by atoms with Crippen LogP contribution in [0.25, 0.3) is 0 Å². The van der Waals surface area contributed by atoms with Crippen LogP contribution in [0.1, 0.15) is 21.5 Å². The Kier molecular flexibility index (Phi) is 4.14. The zero-order chi connectivity index (χ0) is 15.4. The number of anilines is 1. The summed E-state index contributed by atoms with van der Waals surface area (Å²) in [7, 11) is 0. The zero-order valence-electron chi connectivity index (χ0n) is 10.7. The number of rotatable bonds is 4. The lowest BCUT2D eigenvalue weighted by atomic mass is 10.1. The highest BCUT2D eigenvalue weighted by molar-refractivity contribution is 5.89. The van der Waals surface area contributed by atoms with Gasteiger partial charge in [0.15, 0.2) is 0 Å². The van der Waals surface area contributed by atoms with Crippen molar-refractivity contribution in [1.82, 2.24) is 0 Å². The van der Waals surface area contributed by atoms with Crippen LogP contribution in [0.3, 0.4) is 0 Å². The van der Waals surface area contributed by atoms with Gasteiger partial charge >= 0.3 is 5.97 Å². The number of nitriles is 1. The van der Waals surface area contributed by atoms with Crippen LogP contribution in [0.15, 0.2) is 36.4 Å². The van der Waals surface area contributed by atoms with Gasteiger partial charge in [-0.1, -0.05) is 6.07 Å². The summed E-state index contributed by atoms with van der Waals surface area (Å²) in [4.78, 5) is 10.8. The number of carbonyl (C=O) groups is 1. The summed E-state index contributed by atoms with van der Waals surface area (Å²) in [5.74, 6) is -2.78. The fraction of sp³-hybridized carbons (Fsp3) is 0.0667. The first-order valence-electron chi connectivity index (χ1n) is 5.96. The molecule has 2 N–H and O–H groups in total. The molecule has 6 heteroatoms. The van der Waals surface area contributed by atoms with Gasteiger partial charge in [-0.05, 0) is 35.9 Å². The van der Waals surface area contributed by atoms with Crippen LogP contribution in [0.2, 0.25) is 0 Å². The summed E-state index contributed by atoms with van der Waals surface area (Å²) in [6.45, 7) is 0.250. The van der Waals surface area contributed by atoms with Gasteiger partial charge in [-0.3, -0.25) is 0 Å². The van der Waals surface area contributed by atoms with Gasteiger partial charge in [0, 0.05) is 12.2 Å². The highest BCUT2D eigenvalue weighted by atomic mass is 19.1. The first-order chi connectivity index (χ1) is 10.0. The van der Waals surface area contributed by atoms with E-state index in [1.54, 1.807) is 6.07 Å². The van der Waals surface area contributed by atoms with Crippen molar-refractivity contribution in [3.05, 3.63) is 64.7 Å². The minimum atomic E-state index is -1.36. The predicted molar refractivity (Wildman–Crippen MR) is 71.8 cm³/mol. The van der Waals surface area contributed by atoms with E-state index in [4.69, 9.17) is 10.4 Å². The van der Waals surface area contributed by atoms with Crippen molar-refractivity contribution in [3.8, 4) is 6.07 Å². The van der Waals surface area contributed by atoms with Gasteiger partial charge in [-0.15, -0.1) is 0 Å². The molecule has 0 spiro atoms. The molecule has 0 heterocycles. The Hall–Kier alpha value is -2.94. The van der Waals surface area contributed by atoms with Gasteiger partial charge in [-0.25, -0.2) is 13.6 Å². The highest BCUT2D eigenvalue weighted by Gasteiger charge is 2.10. The third kappa shape index (κ3) is 3.34. The van der Waals surface area contributed by atoms with Crippen molar-refractivity contribution >= 4 is 11.7 Å². The summed E-state index contributed by atoms with van der Waals surface area (Å²) >= 11 is 0. The molecule has 0 atom stereocenters. The third-order valence-corrected chi connectivity index (χ3v) is 2.84. The van der Waals surface area contributed by atoms with Crippen molar-refractivity contribution in [1.29, 1.82) is 5.26 Å². The summed E-state index contributed by atoms with van der Waals surface area (Å²) in [6, 6.07) is 9.44. The summed E-state index contributed by atoms with van der Waals surface area (Å²) < 4.78 is 26.4. The number of benzene rings is 2. The molecular formula is C15H10F2N2O2. The third-order valence-electron chi connectivity index (χ3n) is 2.84. The lowest BCUT2D eigenvalue weighted by Gasteiger charge is -2.08. The van der Waals surface area contributed by atoms with Crippen molar-refractivity contribution in [2.75, 3.05) is 5.32 Å². The maximum Gasteiger partial charge on any atom is 0.338 e. The first-order valence-corrected chi connectivity index (χ1v) is 5.96. The monoisotopic (exact) mass is 288 g/mol. The Labute approximate surface area is 119 Å². The van der Waals surface area contributed by atoms with E-state index in [0.29, 0.717) is 11.3 Å². The molecule has 0 aliphatic rings. The standard InChI is InChI=1S/C15H10F2N2O2/c16-13-3-1-9(5-10(13)7-18)8-19-11-2-4-14(17)12(6-11)15(20)21/h1-6,19H,8H2,(H,20,21). The molecule has 0 aliphatic carbocycles. The lowest BCUT2D eigenvalue weighted by Crippen LogP contribution is -2.04. The summed E-state index contributed by atoms with van der Waals surface area (Å²) in [5, 5.41) is 20.5. The topological polar surface area (TPSA) is 73.1 Å². The predicted octanol–water partition coefficient (Wildman–Crippen LogP) is 3.15. The molecule has 0 saturated heterocycles. The van der Waals surface area contributed by atoms with Gasteiger partial charge < -0.3 is 10.4 Å². The number of carboxylic acid groups (broad SMARTS) is 1.